The Kier molecular flexibility index (Phi) is 5.73. The van der Waals surface area contributed by atoms with E-state index in [1.54, 1.807) is 24.3 Å². The molecule has 0 fully saturated rings. The Morgan fingerprint density at radius 3 is 2.55 bits per heavy atom. The fraction of sp³-hybridized carbons (Fsp3) is 0.400. The first kappa shape index (κ1) is 15.7. The van der Waals surface area contributed by atoms with Crippen molar-refractivity contribution in [1.82, 2.24) is 5.32 Å². The third-order valence-corrected chi connectivity index (χ3v) is 2.79. The van der Waals surface area contributed by atoms with Crippen molar-refractivity contribution < 1.29 is 14.7 Å². The third kappa shape index (κ3) is 4.73. The van der Waals surface area contributed by atoms with Crippen LogP contribution in [0.4, 0.5) is 0 Å². The molecule has 106 valence electrons. The van der Waals surface area contributed by atoms with Crippen molar-refractivity contribution in [2.24, 2.45) is 5.92 Å². The summed E-state index contributed by atoms with van der Waals surface area (Å²) in [6, 6.07) is 7.79. The summed E-state index contributed by atoms with van der Waals surface area (Å²) in [6.07, 6.45) is 0.382. The van der Waals surface area contributed by atoms with Crippen molar-refractivity contribution in [3.05, 3.63) is 35.4 Å². The number of benzene rings is 1. The Balaban J connectivity index is 2.80. The lowest BCUT2D eigenvalue weighted by molar-refractivity contribution is -0.141. The average Bonchev–Trinajstić information content (AvgIpc) is 2.37. The molecule has 0 spiro atoms. The summed E-state index contributed by atoms with van der Waals surface area (Å²) >= 11 is 0. The maximum atomic E-state index is 11.7. The molecule has 0 saturated heterocycles. The molecular formula is C15H18N2O3. The van der Waals surface area contributed by atoms with Gasteiger partial charge in [-0.3, -0.25) is 4.79 Å². The fourth-order valence-electron chi connectivity index (χ4n) is 1.85. The molecule has 0 aliphatic carbocycles. The number of hydrogen-bond acceptors (Lipinski definition) is 3. The number of nitriles is 1. The summed E-state index contributed by atoms with van der Waals surface area (Å²) in [5, 5.41) is 20.7. The molecule has 0 heterocycles. The molecule has 0 unspecified atom stereocenters. The number of rotatable bonds is 6. The van der Waals surface area contributed by atoms with Crippen LogP contribution in [-0.4, -0.2) is 23.0 Å². The molecule has 0 aliphatic heterocycles. The van der Waals surface area contributed by atoms with Gasteiger partial charge in [-0.15, -0.1) is 0 Å². The minimum atomic E-state index is -1.10. The van der Waals surface area contributed by atoms with Crippen molar-refractivity contribution in [2.45, 2.75) is 32.7 Å². The molecule has 0 bridgehead atoms. The van der Waals surface area contributed by atoms with Gasteiger partial charge in [0.2, 0.25) is 5.91 Å². The molecule has 0 radical (unpaired) electrons. The zero-order chi connectivity index (χ0) is 15.1. The molecule has 1 aromatic rings. The first-order valence-electron chi connectivity index (χ1n) is 6.44. The highest BCUT2D eigenvalue weighted by Crippen LogP contribution is 2.11. The average molecular weight is 274 g/mol. The molecule has 1 aromatic carbocycles. The molecule has 5 heteroatoms. The number of nitrogens with one attached hydrogen (secondary N) is 1. The molecule has 0 saturated carbocycles. The molecule has 1 atom stereocenters. The van der Waals surface area contributed by atoms with E-state index in [1.165, 1.54) is 0 Å². The van der Waals surface area contributed by atoms with Gasteiger partial charge in [-0.25, -0.2) is 4.79 Å². The van der Waals surface area contributed by atoms with Crippen molar-refractivity contribution in [2.75, 3.05) is 0 Å². The van der Waals surface area contributed by atoms with E-state index in [0.717, 1.165) is 0 Å². The fourth-order valence-corrected chi connectivity index (χ4v) is 1.85. The number of nitrogens with zero attached hydrogens (tertiary/aromatic N) is 1. The highest BCUT2D eigenvalue weighted by atomic mass is 16.4. The Labute approximate surface area is 118 Å². The smallest absolute Gasteiger partial charge is 0.326 e. The molecule has 0 aliphatic rings. The molecule has 20 heavy (non-hydrogen) atoms. The second-order valence-electron chi connectivity index (χ2n) is 5.03. The van der Waals surface area contributed by atoms with Gasteiger partial charge < -0.3 is 10.4 Å². The van der Waals surface area contributed by atoms with Gasteiger partial charge in [-0.1, -0.05) is 32.0 Å². The van der Waals surface area contributed by atoms with E-state index in [0.29, 0.717) is 11.1 Å². The first-order chi connectivity index (χ1) is 9.43. The van der Waals surface area contributed by atoms with E-state index >= 15 is 0 Å². The lowest BCUT2D eigenvalue weighted by Gasteiger charge is -2.16. The molecule has 2 N–H and O–H groups in total. The van der Waals surface area contributed by atoms with Crippen molar-refractivity contribution >= 4 is 11.9 Å². The number of amides is 1. The second-order valence-corrected chi connectivity index (χ2v) is 5.03. The molecule has 5 nitrogen and oxygen atoms in total. The zero-order valence-electron chi connectivity index (χ0n) is 11.6. The van der Waals surface area contributed by atoms with Gasteiger partial charge >= 0.3 is 5.97 Å². The lowest BCUT2D eigenvalue weighted by atomic mass is 10.0. The van der Waals surface area contributed by atoms with Crippen LogP contribution in [0.5, 0.6) is 0 Å². The Morgan fingerprint density at radius 1 is 1.35 bits per heavy atom. The van der Waals surface area contributed by atoms with Crippen LogP contribution in [0.3, 0.4) is 0 Å². The lowest BCUT2D eigenvalue weighted by Crippen LogP contribution is -2.42. The summed E-state index contributed by atoms with van der Waals surface area (Å²) in [4.78, 5) is 22.9. The van der Waals surface area contributed by atoms with Gasteiger partial charge in [0.05, 0.1) is 11.6 Å². The Morgan fingerprint density at radius 2 is 2.00 bits per heavy atom. The number of carboxylic acid groups (broad SMARTS) is 1. The summed E-state index contributed by atoms with van der Waals surface area (Å²) in [5.41, 5.74) is 1.05. The van der Waals surface area contributed by atoms with Crippen LogP contribution in [0, 0.1) is 17.2 Å². The summed E-state index contributed by atoms with van der Waals surface area (Å²) in [6.45, 7) is 3.78. The van der Waals surface area contributed by atoms with Crippen LogP contribution in [0.15, 0.2) is 24.3 Å². The van der Waals surface area contributed by atoms with Crippen molar-refractivity contribution in [3.8, 4) is 6.07 Å². The summed E-state index contributed by atoms with van der Waals surface area (Å²) in [7, 11) is 0. The van der Waals surface area contributed by atoms with Gasteiger partial charge in [0.15, 0.2) is 0 Å². The number of aliphatic carboxylic acids is 1. The predicted octanol–water partition coefficient (Wildman–Crippen LogP) is 1.72. The van der Waals surface area contributed by atoms with Gasteiger partial charge in [0, 0.05) is 12.8 Å². The second kappa shape index (κ2) is 7.29. The van der Waals surface area contributed by atoms with E-state index in [2.05, 4.69) is 5.32 Å². The minimum absolute atomic E-state index is 0.100. The van der Waals surface area contributed by atoms with E-state index in [9.17, 15) is 14.7 Å². The van der Waals surface area contributed by atoms with Crippen LogP contribution >= 0.6 is 0 Å². The topological polar surface area (TPSA) is 90.2 Å². The van der Waals surface area contributed by atoms with E-state index in [4.69, 9.17) is 5.26 Å². The van der Waals surface area contributed by atoms with Gasteiger partial charge in [0.25, 0.3) is 0 Å². The van der Waals surface area contributed by atoms with Crippen LogP contribution in [-0.2, 0) is 16.0 Å². The zero-order valence-corrected chi connectivity index (χ0v) is 11.6. The summed E-state index contributed by atoms with van der Waals surface area (Å²) < 4.78 is 0. The number of carbonyl (C=O) groups is 2. The Hall–Kier alpha value is -2.35. The molecule has 0 aromatic heterocycles. The minimum Gasteiger partial charge on any atom is -0.480 e. The normalized spacial score (nSPS) is 11.7. The predicted molar refractivity (Wildman–Crippen MR) is 73.9 cm³/mol. The number of carbonyl (C=O) groups excluding carboxylic acids is 1. The first-order valence-corrected chi connectivity index (χ1v) is 6.44. The SMILES string of the molecule is CC(C)CC(=O)N[C@H](Cc1ccccc1C#N)C(=O)O. The highest BCUT2D eigenvalue weighted by Gasteiger charge is 2.21. The van der Waals surface area contributed by atoms with Crippen molar-refractivity contribution in [3.63, 3.8) is 0 Å². The maximum Gasteiger partial charge on any atom is 0.326 e. The van der Waals surface area contributed by atoms with E-state index in [1.807, 2.05) is 19.9 Å². The number of carboxylic acids is 1. The monoisotopic (exact) mass is 274 g/mol. The highest BCUT2D eigenvalue weighted by molar-refractivity contribution is 5.83. The van der Waals surface area contributed by atoms with Gasteiger partial charge in [-0.2, -0.15) is 5.26 Å². The van der Waals surface area contributed by atoms with Crippen LogP contribution in [0.25, 0.3) is 0 Å². The van der Waals surface area contributed by atoms with E-state index < -0.39 is 12.0 Å². The standard InChI is InChI=1S/C15H18N2O3/c1-10(2)7-14(18)17-13(15(19)20)8-11-5-3-4-6-12(11)9-16/h3-6,10,13H,7-8H2,1-2H3,(H,17,18)(H,19,20)/t13-/m1/s1. The maximum absolute atomic E-state index is 11.7. The number of hydrogen-bond donors (Lipinski definition) is 2. The largest absolute Gasteiger partial charge is 0.480 e. The van der Waals surface area contributed by atoms with Gasteiger partial charge in [-0.05, 0) is 17.5 Å². The van der Waals surface area contributed by atoms with E-state index in [-0.39, 0.29) is 24.7 Å². The molecular weight excluding hydrogens is 256 g/mol. The van der Waals surface area contributed by atoms with Crippen LogP contribution < -0.4 is 5.32 Å². The molecule has 1 rings (SSSR count). The van der Waals surface area contributed by atoms with Gasteiger partial charge in [0.1, 0.15) is 6.04 Å². The Bertz CT molecular complexity index is 532. The quantitative estimate of drug-likeness (QED) is 0.826. The third-order valence-electron chi connectivity index (χ3n) is 2.79. The van der Waals surface area contributed by atoms with Crippen molar-refractivity contribution in [1.29, 1.82) is 5.26 Å². The molecule has 1 amide bonds. The summed E-state index contributed by atoms with van der Waals surface area (Å²) in [5.74, 6) is -1.23. The van der Waals surface area contributed by atoms with Crippen LogP contribution in [0.2, 0.25) is 0 Å². The van der Waals surface area contributed by atoms with Crippen LogP contribution in [0.1, 0.15) is 31.4 Å².